The van der Waals surface area contributed by atoms with Gasteiger partial charge < -0.3 is 0 Å². The van der Waals surface area contributed by atoms with Crippen LogP contribution < -0.4 is 9.63 Å². The molecule has 2 rings (SSSR count). The Morgan fingerprint density at radius 1 is 1.06 bits per heavy atom. The molecule has 86 valence electrons. The van der Waals surface area contributed by atoms with Gasteiger partial charge in [-0.15, -0.1) is 0 Å². The molecule has 4 heteroatoms. The maximum absolute atomic E-state index is 11.8. The van der Waals surface area contributed by atoms with E-state index in [0.29, 0.717) is 10.8 Å². The highest BCUT2D eigenvalue weighted by molar-refractivity contribution is 5.89. The third-order valence-electron chi connectivity index (χ3n) is 2.33. The van der Waals surface area contributed by atoms with Crippen molar-refractivity contribution in [3.63, 3.8) is 0 Å². The lowest BCUT2D eigenvalue weighted by molar-refractivity contribution is -0.684. The summed E-state index contributed by atoms with van der Waals surface area (Å²) in [5.74, 6) is -0.382. The number of hydroxylamine groups is 1. The number of carbonyl (C=O) groups is 1. The van der Waals surface area contributed by atoms with E-state index >= 15 is 0 Å². The Bertz CT molecular complexity index is 485. The minimum atomic E-state index is -0.382. The van der Waals surface area contributed by atoms with Crippen LogP contribution in [0.3, 0.4) is 0 Å². The minimum Gasteiger partial charge on any atom is -0.281 e. The van der Waals surface area contributed by atoms with Crippen molar-refractivity contribution >= 4 is 11.6 Å². The van der Waals surface area contributed by atoms with Gasteiger partial charge in [0.2, 0.25) is 6.54 Å². The van der Waals surface area contributed by atoms with Crippen molar-refractivity contribution in [3.8, 4) is 0 Å². The summed E-state index contributed by atoms with van der Waals surface area (Å²) >= 11 is 0. The molecule has 0 fully saturated rings. The second kappa shape index (κ2) is 5.23. The summed E-state index contributed by atoms with van der Waals surface area (Å²) in [7, 11) is 0. The highest BCUT2D eigenvalue weighted by Crippen LogP contribution is 2.10. The second-order valence-electron chi connectivity index (χ2n) is 3.59. The number of hydrogen-bond donors (Lipinski definition) is 1. The first-order chi connectivity index (χ1) is 8.27. The number of aromatic nitrogens is 1. The second-order valence-corrected chi connectivity index (χ2v) is 3.59. The third kappa shape index (κ3) is 2.89. The lowest BCUT2D eigenvalue weighted by atomic mass is 10.3. The highest BCUT2D eigenvalue weighted by atomic mass is 16.5. The molecule has 0 spiro atoms. The van der Waals surface area contributed by atoms with Gasteiger partial charge in [0.1, 0.15) is 0 Å². The van der Waals surface area contributed by atoms with Crippen LogP contribution in [-0.4, -0.2) is 11.1 Å². The number of pyridine rings is 1. The molecule has 1 aromatic carbocycles. The molecule has 0 saturated carbocycles. The molecule has 1 amide bonds. The lowest BCUT2D eigenvalue weighted by Gasteiger charge is -2.12. The van der Waals surface area contributed by atoms with Crippen LogP contribution in [-0.2, 0) is 11.3 Å². The summed E-state index contributed by atoms with van der Waals surface area (Å²) in [4.78, 5) is 11.8. The predicted octanol–water partition coefficient (Wildman–Crippen LogP) is 1.40. The first kappa shape index (κ1) is 11.3. The van der Waals surface area contributed by atoms with Crippen molar-refractivity contribution in [1.29, 1.82) is 0 Å². The molecule has 0 saturated heterocycles. The number of hydrogen-bond acceptors (Lipinski definition) is 2. The first-order valence-electron chi connectivity index (χ1n) is 5.28. The molecule has 0 unspecified atom stereocenters. The fraction of sp³-hybridized carbons (Fsp3) is 0.0769. The number of para-hydroxylation sites is 1. The van der Waals surface area contributed by atoms with E-state index in [1.165, 1.54) is 0 Å². The molecular weight excluding hydrogens is 216 g/mol. The standard InChI is InChI=1S/C13H13N2O2/c16-13(11-14-9-5-2-6-10-14)15(17)12-7-3-1-4-8-12/h1-10,17H,11H2/q+1. The van der Waals surface area contributed by atoms with E-state index in [9.17, 15) is 10.0 Å². The molecule has 0 aliphatic heterocycles. The van der Waals surface area contributed by atoms with Gasteiger partial charge in [-0.2, -0.15) is 9.63 Å². The summed E-state index contributed by atoms with van der Waals surface area (Å²) in [6.45, 7) is 0.103. The fourth-order valence-electron chi connectivity index (χ4n) is 1.48. The Hall–Kier alpha value is -2.20. The van der Waals surface area contributed by atoms with E-state index in [2.05, 4.69) is 0 Å². The summed E-state index contributed by atoms with van der Waals surface area (Å²) in [6, 6.07) is 14.2. The Balaban J connectivity index is 2.06. The molecule has 1 aromatic heterocycles. The number of rotatable bonds is 3. The van der Waals surface area contributed by atoms with E-state index in [1.54, 1.807) is 41.2 Å². The summed E-state index contributed by atoms with van der Waals surface area (Å²) < 4.78 is 1.70. The fourth-order valence-corrected chi connectivity index (χ4v) is 1.48. The zero-order valence-corrected chi connectivity index (χ0v) is 9.23. The predicted molar refractivity (Wildman–Crippen MR) is 62.4 cm³/mol. The molecule has 1 N–H and O–H groups in total. The van der Waals surface area contributed by atoms with E-state index in [-0.39, 0.29) is 12.5 Å². The molecular formula is C13H13N2O2+. The van der Waals surface area contributed by atoms with E-state index in [0.717, 1.165) is 0 Å². The van der Waals surface area contributed by atoms with Crippen molar-refractivity contribution in [2.24, 2.45) is 0 Å². The molecule has 0 atom stereocenters. The number of nitrogens with zero attached hydrogens (tertiary/aromatic N) is 2. The Kier molecular flexibility index (Phi) is 3.47. The van der Waals surface area contributed by atoms with Crippen LogP contribution in [0.1, 0.15) is 0 Å². The average Bonchev–Trinajstić information content (AvgIpc) is 2.40. The van der Waals surface area contributed by atoms with Crippen LogP contribution in [0.4, 0.5) is 5.69 Å². The Morgan fingerprint density at radius 2 is 1.65 bits per heavy atom. The van der Waals surface area contributed by atoms with Crippen LogP contribution in [0.25, 0.3) is 0 Å². The maximum atomic E-state index is 11.8. The topological polar surface area (TPSA) is 44.4 Å². The minimum absolute atomic E-state index is 0.103. The molecule has 1 heterocycles. The van der Waals surface area contributed by atoms with Gasteiger partial charge in [0, 0.05) is 12.1 Å². The molecule has 0 aliphatic rings. The average molecular weight is 229 g/mol. The van der Waals surface area contributed by atoms with Gasteiger partial charge in [-0.05, 0) is 12.1 Å². The van der Waals surface area contributed by atoms with E-state index in [4.69, 9.17) is 0 Å². The number of amides is 1. The van der Waals surface area contributed by atoms with Gasteiger partial charge in [-0.25, -0.2) is 0 Å². The first-order valence-corrected chi connectivity index (χ1v) is 5.28. The smallest absolute Gasteiger partial charge is 0.281 e. The molecule has 4 nitrogen and oxygen atoms in total. The van der Waals surface area contributed by atoms with Crippen LogP contribution in [0, 0.1) is 0 Å². The summed E-state index contributed by atoms with van der Waals surface area (Å²) in [6.07, 6.45) is 3.55. The number of anilines is 1. The number of benzene rings is 1. The van der Waals surface area contributed by atoms with Gasteiger partial charge in [0.05, 0.1) is 5.69 Å². The highest BCUT2D eigenvalue weighted by Gasteiger charge is 2.17. The molecule has 0 radical (unpaired) electrons. The van der Waals surface area contributed by atoms with E-state index in [1.807, 2.05) is 24.3 Å². The summed E-state index contributed by atoms with van der Waals surface area (Å²) in [5.41, 5.74) is 0.467. The van der Waals surface area contributed by atoms with E-state index < -0.39 is 0 Å². The van der Waals surface area contributed by atoms with Crippen molar-refractivity contribution in [2.45, 2.75) is 6.54 Å². The lowest BCUT2D eigenvalue weighted by Crippen LogP contribution is -2.43. The van der Waals surface area contributed by atoms with Crippen LogP contribution in [0.15, 0.2) is 60.9 Å². The Morgan fingerprint density at radius 3 is 2.29 bits per heavy atom. The van der Waals surface area contributed by atoms with Crippen molar-refractivity contribution in [1.82, 2.24) is 0 Å². The van der Waals surface area contributed by atoms with Crippen molar-refractivity contribution in [3.05, 3.63) is 60.9 Å². The van der Waals surface area contributed by atoms with Crippen molar-refractivity contribution in [2.75, 3.05) is 5.06 Å². The molecule has 2 aromatic rings. The SMILES string of the molecule is O=C(C[n+]1ccccc1)N(O)c1ccccc1. The largest absolute Gasteiger partial charge is 0.316 e. The van der Waals surface area contributed by atoms with Gasteiger partial charge in [0.15, 0.2) is 12.4 Å². The van der Waals surface area contributed by atoms with Crippen LogP contribution in [0.5, 0.6) is 0 Å². The monoisotopic (exact) mass is 229 g/mol. The zero-order chi connectivity index (χ0) is 12.1. The van der Waals surface area contributed by atoms with Crippen LogP contribution >= 0.6 is 0 Å². The van der Waals surface area contributed by atoms with Crippen LogP contribution in [0.2, 0.25) is 0 Å². The van der Waals surface area contributed by atoms with Gasteiger partial charge in [-0.3, -0.25) is 10.0 Å². The quantitative estimate of drug-likeness (QED) is 0.491. The van der Waals surface area contributed by atoms with Gasteiger partial charge in [0.25, 0.3) is 0 Å². The molecule has 17 heavy (non-hydrogen) atoms. The van der Waals surface area contributed by atoms with Gasteiger partial charge in [-0.1, -0.05) is 24.3 Å². The molecule has 0 bridgehead atoms. The zero-order valence-electron chi connectivity index (χ0n) is 9.23. The van der Waals surface area contributed by atoms with Gasteiger partial charge >= 0.3 is 5.91 Å². The van der Waals surface area contributed by atoms with Crippen molar-refractivity contribution < 1.29 is 14.6 Å². The molecule has 0 aliphatic carbocycles. The third-order valence-corrected chi connectivity index (χ3v) is 2.33. The maximum Gasteiger partial charge on any atom is 0.316 e. The summed E-state index contributed by atoms with van der Waals surface area (Å²) in [5, 5.41) is 10.4. The normalized spacial score (nSPS) is 9.94. The Labute approximate surface area is 99.3 Å². The number of carbonyl (C=O) groups excluding carboxylic acids is 1.